The second-order valence-electron chi connectivity index (χ2n) is 4.74. The van der Waals surface area contributed by atoms with Crippen LogP contribution in [0.1, 0.15) is 19.0 Å². The van der Waals surface area contributed by atoms with Crippen LogP contribution in [0.2, 0.25) is 0 Å². The van der Waals surface area contributed by atoms with E-state index in [1.54, 1.807) is 13.0 Å². The first-order valence-electron chi connectivity index (χ1n) is 6.65. The lowest BCUT2D eigenvalue weighted by molar-refractivity contribution is 0.127. The topological polar surface area (TPSA) is 74.3 Å². The van der Waals surface area contributed by atoms with E-state index in [4.69, 9.17) is 9.88 Å². The number of nitrogens with two attached hydrogens (primary N) is 1. The van der Waals surface area contributed by atoms with E-state index in [9.17, 15) is 8.42 Å². The first kappa shape index (κ1) is 15.0. The summed E-state index contributed by atoms with van der Waals surface area (Å²) in [4.78, 5) is 0.212. The Morgan fingerprint density at radius 1 is 1.25 bits per heavy atom. The van der Waals surface area contributed by atoms with Crippen molar-refractivity contribution >= 4 is 20.9 Å². The smallest absolute Gasteiger partial charge is 0.240 e. The molecule has 1 aromatic heterocycles. The number of primary sulfonamides is 1. The molecule has 1 heterocycles. The second-order valence-corrected chi connectivity index (χ2v) is 6.24. The molecule has 1 aromatic carbocycles. The molecular weight excluding hydrogens is 276 g/mol. The monoisotopic (exact) mass is 296 g/mol. The van der Waals surface area contributed by atoms with Gasteiger partial charge >= 0.3 is 0 Å². The van der Waals surface area contributed by atoms with E-state index >= 15 is 0 Å². The van der Waals surface area contributed by atoms with E-state index in [1.165, 1.54) is 0 Å². The van der Waals surface area contributed by atoms with E-state index in [0.717, 1.165) is 11.9 Å². The Bertz CT molecular complexity index is 705. The number of fused-ring (bicyclic) bond motifs is 1. The molecule has 0 spiro atoms. The van der Waals surface area contributed by atoms with Crippen LogP contribution in [-0.4, -0.2) is 26.2 Å². The summed E-state index contributed by atoms with van der Waals surface area (Å²) in [6.07, 6.45) is 0.966. The number of nitrogens with zero attached hydrogens (tertiary/aromatic N) is 1. The molecule has 5 nitrogen and oxygen atoms in total. The Hall–Kier alpha value is -1.37. The fourth-order valence-electron chi connectivity index (χ4n) is 2.45. The summed E-state index contributed by atoms with van der Waals surface area (Å²) >= 11 is 0. The molecule has 0 radical (unpaired) electrons. The van der Waals surface area contributed by atoms with Crippen molar-refractivity contribution in [1.29, 1.82) is 0 Å². The average molecular weight is 296 g/mol. The van der Waals surface area contributed by atoms with Gasteiger partial charge in [0.1, 0.15) is 4.90 Å². The molecular formula is C14H20N2O3S. The van der Waals surface area contributed by atoms with Crippen LogP contribution < -0.4 is 5.14 Å². The third kappa shape index (κ3) is 2.87. The highest BCUT2D eigenvalue weighted by atomic mass is 32.2. The normalized spacial score (nSPS) is 12.2. The maximum Gasteiger partial charge on any atom is 0.240 e. The highest BCUT2D eigenvalue weighted by Crippen LogP contribution is 2.28. The van der Waals surface area contributed by atoms with Crippen molar-refractivity contribution in [3.8, 4) is 0 Å². The second kappa shape index (κ2) is 5.95. The third-order valence-corrected chi connectivity index (χ3v) is 4.35. The van der Waals surface area contributed by atoms with Gasteiger partial charge in [-0.2, -0.15) is 0 Å². The molecule has 0 unspecified atom stereocenters. The molecule has 0 fully saturated rings. The molecule has 0 aliphatic rings. The van der Waals surface area contributed by atoms with Crippen LogP contribution in [-0.2, 0) is 21.3 Å². The number of para-hydroxylation sites is 1. The summed E-state index contributed by atoms with van der Waals surface area (Å²) in [5.41, 5.74) is 1.53. The average Bonchev–Trinajstić information content (AvgIpc) is 2.67. The highest BCUT2D eigenvalue weighted by Gasteiger charge is 2.21. The van der Waals surface area contributed by atoms with Crippen LogP contribution in [0.15, 0.2) is 29.2 Å². The van der Waals surface area contributed by atoms with Gasteiger partial charge in [0.2, 0.25) is 10.0 Å². The van der Waals surface area contributed by atoms with Crippen LogP contribution in [0.3, 0.4) is 0 Å². The van der Waals surface area contributed by atoms with Gasteiger partial charge in [-0.1, -0.05) is 25.1 Å². The van der Waals surface area contributed by atoms with Crippen LogP contribution in [0, 0.1) is 6.92 Å². The predicted octanol–water partition coefficient (Wildman–Crippen LogP) is 2.02. The summed E-state index contributed by atoms with van der Waals surface area (Å²) < 4.78 is 31.0. The largest absolute Gasteiger partial charge is 0.380 e. The van der Waals surface area contributed by atoms with E-state index in [1.807, 2.05) is 22.8 Å². The zero-order valence-electron chi connectivity index (χ0n) is 11.8. The van der Waals surface area contributed by atoms with Crippen molar-refractivity contribution in [3.05, 3.63) is 30.0 Å². The molecule has 0 aliphatic carbocycles. The van der Waals surface area contributed by atoms with Gasteiger partial charge in [0.25, 0.3) is 0 Å². The minimum atomic E-state index is -3.74. The highest BCUT2D eigenvalue weighted by molar-refractivity contribution is 7.89. The standard InChI is InChI=1S/C14H20N2O3S/c1-3-9-19-10-8-16-11(2)14(20(15,17)18)12-6-4-5-7-13(12)16/h4-7H,3,8-10H2,1-2H3,(H2,15,17,18). The van der Waals surface area contributed by atoms with Crippen molar-refractivity contribution in [2.75, 3.05) is 13.2 Å². The van der Waals surface area contributed by atoms with Gasteiger partial charge in [-0.3, -0.25) is 0 Å². The maximum atomic E-state index is 11.8. The third-order valence-electron chi connectivity index (χ3n) is 3.27. The van der Waals surface area contributed by atoms with Crippen LogP contribution in [0.4, 0.5) is 0 Å². The number of hydrogen-bond donors (Lipinski definition) is 1. The number of rotatable bonds is 6. The molecule has 2 aromatic rings. The first-order valence-corrected chi connectivity index (χ1v) is 8.19. The number of aromatic nitrogens is 1. The van der Waals surface area contributed by atoms with Gasteiger partial charge in [0.15, 0.2) is 0 Å². The fourth-order valence-corrected chi connectivity index (χ4v) is 3.45. The van der Waals surface area contributed by atoms with Crippen molar-refractivity contribution in [2.24, 2.45) is 5.14 Å². The van der Waals surface area contributed by atoms with Crippen LogP contribution in [0.25, 0.3) is 10.9 Å². The molecule has 0 bridgehead atoms. The number of hydrogen-bond acceptors (Lipinski definition) is 3. The predicted molar refractivity (Wildman–Crippen MR) is 79.2 cm³/mol. The Morgan fingerprint density at radius 2 is 1.95 bits per heavy atom. The Morgan fingerprint density at radius 3 is 2.60 bits per heavy atom. The summed E-state index contributed by atoms with van der Waals surface area (Å²) in [5.74, 6) is 0. The van der Waals surface area contributed by atoms with Crippen molar-refractivity contribution < 1.29 is 13.2 Å². The van der Waals surface area contributed by atoms with Gasteiger partial charge in [-0.05, 0) is 19.4 Å². The first-order chi connectivity index (χ1) is 9.46. The Kier molecular flexibility index (Phi) is 4.47. The van der Waals surface area contributed by atoms with Gasteiger partial charge in [0.05, 0.1) is 6.61 Å². The maximum absolute atomic E-state index is 11.8. The zero-order valence-corrected chi connectivity index (χ0v) is 12.6. The summed E-state index contributed by atoms with van der Waals surface area (Å²) in [6, 6.07) is 7.38. The number of sulfonamides is 1. The molecule has 0 saturated carbocycles. The number of ether oxygens (including phenoxy) is 1. The number of benzene rings is 1. The van der Waals surface area contributed by atoms with Gasteiger partial charge in [-0.15, -0.1) is 0 Å². The Balaban J connectivity index is 2.47. The van der Waals surface area contributed by atoms with E-state index < -0.39 is 10.0 Å². The van der Waals surface area contributed by atoms with E-state index in [-0.39, 0.29) is 4.90 Å². The van der Waals surface area contributed by atoms with Crippen molar-refractivity contribution in [1.82, 2.24) is 4.57 Å². The molecule has 6 heteroatoms. The molecule has 2 N–H and O–H groups in total. The minimum Gasteiger partial charge on any atom is -0.380 e. The summed E-state index contributed by atoms with van der Waals surface area (Å²) in [6.45, 7) is 5.70. The van der Waals surface area contributed by atoms with Gasteiger partial charge < -0.3 is 9.30 Å². The zero-order chi connectivity index (χ0) is 14.8. The molecule has 0 amide bonds. The Labute approximate surface area is 119 Å². The SMILES string of the molecule is CCCOCCn1c(C)c(S(N)(=O)=O)c2ccccc21. The van der Waals surface area contributed by atoms with Gasteiger partial charge in [-0.25, -0.2) is 13.6 Å². The lowest BCUT2D eigenvalue weighted by Crippen LogP contribution is -2.14. The van der Waals surface area contributed by atoms with E-state index in [2.05, 4.69) is 6.92 Å². The molecule has 0 aliphatic heterocycles. The molecule has 0 atom stereocenters. The molecule has 2 rings (SSSR count). The van der Waals surface area contributed by atoms with Crippen molar-refractivity contribution in [3.63, 3.8) is 0 Å². The van der Waals surface area contributed by atoms with E-state index in [0.29, 0.717) is 30.8 Å². The van der Waals surface area contributed by atoms with Gasteiger partial charge in [0, 0.05) is 29.7 Å². The molecule has 0 saturated heterocycles. The summed E-state index contributed by atoms with van der Waals surface area (Å²) in [5, 5.41) is 6.01. The molecule has 110 valence electrons. The quantitative estimate of drug-likeness (QED) is 0.829. The lowest BCUT2D eigenvalue weighted by Gasteiger charge is -2.08. The molecule has 20 heavy (non-hydrogen) atoms. The lowest BCUT2D eigenvalue weighted by atomic mass is 10.2. The summed E-state index contributed by atoms with van der Waals surface area (Å²) in [7, 11) is -3.74. The van der Waals surface area contributed by atoms with Crippen LogP contribution >= 0.6 is 0 Å². The van der Waals surface area contributed by atoms with Crippen molar-refractivity contribution in [2.45, 2.75) is 31.7 Å². The minimum absolute atomic E-state index is 0.212. The van der Waals surface area contributed by atoms with Crippen LogP contribution in [0.5, 0.6) is 0 Å². The fraction of sp³-hybridized carbons (Fsp3) is 0.429.